The van der Waals surface area contributed by atoms with Crippen molar-refractivity contribution in [3.8, 4) is 0 Å². The molecule has 0 aromatic heterocycles. The molecule has 0 spiro atoms. The lowest BCUT2D eigenvalue weighted by atomic mass is 10.2. The maximum Gasteiger partial charge on any atom is 0.125 e. The molecule has 0 unspecified atom stereocenters. The van der Waals surface area contributed by atoms with Crippen LogP contribution in [0.25, 0.3) is 0 Å². The number of hydrogen-bond donors (Lipinski definition) is 1. The van der Waals surface area contributed by atoms with E-state index in [1.54, 1.807) is 6.07 Å². The molecule has 0 aliphatic heterocycles. The van der Waals surface area contributed by atoms with Crippen LogP contribution in [-0.2, 0) is 6.54 Å². The number of anilines is 1. The summed E-state index contributed by atoms with van der Waals surface area (Å²) < 4.78 is 13.7. The normalized spacial score (nSPS) is 10.6. The molecule has 19 heavy (non-hydrogen) atoms. The predicted octanol–water partition coefficient (Wildman–Crippen LogP) is 6.16. The Hall–Kier alpha value is -0.480. The molecule has 1 N–H and O–H groups in total. The van der Waals surface area contributed by atoms with E-state index in [0.717, 1.165) is 5.56 Å². The van der Waals surface area contributed by atoms with Crippen molar-refractivity contribution in [2.75, 3.05) is 5.32 Å². The molecule has 0 radical (unpaired) electrons. The quantitative estimate of drug-likeness (QED) is 0.669. The second-order valence-electron chi connectivity index (χ2n) is 3.81. The Morgan fingerprint density at radius 1 is 1.11 bits per heavy atom. The lowest BCUT2D eigenvalue weighted by molar-refractivity contribution is 0.627. The van der Waals surface area contributed by atoms with Crippen molar-refractivity contribution in [2.45, 2.75) is 6.54 Å². The summed E-state index contributed by atoms with van der Waals surface area (Å²) >= 11 is 21.3. The van der Waals surface area contributed by atoms with Crippen LogP contribution in [0.2, 0.25) is 15.1 Å². The smallest absolute Gasteiger partial charge is 0.125 e. The molecule has 0 bridgehead atoms. The van der Waals surface area contributed by atoms with Gasteiger partial charge in [-0.1, -0.05) is 46.9 Å². The summed E-state index contributed by atoms with van der Waals surface area (Å²) in [7, 11) is 0. The Morgan fingerprint density at radius 2 is 1.84 bits per heavy atom. The zero-order valence-corrected chi connectivity index (χ0v) is 13.3. The summed E-state index contributed by atoms with van der Waals surface area (Å²) in [5, 5.41) is 4.38. The molecule has 0 saturated heterocycles. The van der Waals surface area contributed by atoms with Gasteiger partial charge in [0, 0.05) is 11.0 Å². The Balaban J connectivity index is 2.22. The van der Waals surface area contributed by atoms with Crippen LogP contribution in [0.15, 0.2) is 34.8 Å². The van der Waals surface area contributed by atoms with E-state index in [9.17, 15) is 4.39 Å². The van der Waals surface area contributed by atoms with Gasteiger partial charge in [0.25, 0.3) is 0 Å². The van der Waals surface area contributed by atoms with Crippen LogP contribution in [0.1, 0.15) is 5.56 Å². The van der Waals surface area contributed by atoms with Gasteiger partial charge in [-0.25, -0.2) is 4.39 Å². The highest BCUT2D eigenvalue weighted by Gasteiger charge is 2.09. The largest absolute Gasteiger partial charge is 0.379 e. The summed E-state index contributed by atoms with van der Waals surface area (Å²) in [6.45, 7) is 0.434. The van der Waals surface area contributed by atoms with Gasteiger partial charge in [-0.15, -0.1) is 0 Å². The minimum absolute atomic E-state index is 0.296. The molecule has 6 heteroatoms. The molecule has 2 rings (SSSR count). The van der Waals surface area contributed by atoms with Crippen molar-refractivity contribution in [2.24, 2.45) is 0 Å². The van der Waals surface area contributed by atoms with Crippen LogP contribution in [0, 0.1) is 5.82 Å². The van der Waals surface area contributed by atoms with E-state index in [1.165, 1.54) is 12.1 Å². The molecule has 0 fully saturated rings. The summed E-state index contributed by atoms with van der Waals surface area (Å²) in [6, 6.07) is 7.97. The van der Waals surface area contributed by atoms with Crippen LogP contribution in [0.4, 0.5) is 10.1 Å². The van der Waals surface area contributed by atoms with Crippen molar-refractivity contribution in [3.63, 3.8) is 0 Å². The first-order chi connectivity index (χ1) is 8.99. The zero-order chi connectivity index (χ0) is 14.0. The van der Waals surface area contributed by atoms with Crippen LogP contribution in [-0.4, -0.2) is 0 Å². The fourth-order valence-electron chi connectivity index (χ4n) is 1.58. The maximum absolute atomic E-state index is 13.1. The second kappa shape index (κ2) is 6.31. The van der Waals surface area contributed by atoms with Crippen LogP contribution in [0.5, 0.6) is 0 Å². The first-order valence-corrected chi connectivity index (χ1v) is 7.23. The standard InChI is InChI=1S/C13H8BrCl3FN/c14-9-4-8(18)5-11(16)13(9)19-6-7-2-1-3-10(15)12(7)17/h1-5,19H,6H2. The average molecular weight is 383 g/mol. The molecule has 0 amide bonds. The summed E-state index contributed by atoms with van der Waals surface area (Å²) in [5.41, 5.74) is 1.44. The SMILES string of the molecule is Fc1cc(Cl)c(NCc2cccc(Cl)c2Cl)c(Br)c1. The van der Waals surface area contributed by atoms with E-state index in [0.29, 0.717) is 31.8 Å². The van der Waals surface area contributed by atoms with Gasteiger partial charge in [-0.2, -0.15) is 0 Å². The number of rotatable bonds is 3. The van der Waals surface area contributed by atoms with Gasteiger partial charge in [0.1, 0.15) is 5.82 Å². The maximum atomic E-state index is 13.1. The molecular weight excluding hydrogens is 375 g/mol. The molecule has 2 aromatic rings. The van der Waals surface area contributed by atoms with E-state index in [-0.39, 0.29) is 0 Å². The zero-order valence-electron chi connectivity index (χ0n) is 9.48. The van der Waals surface area contributed by atoms with Gasteiger partial charge < -0.3 is 5.32 Å². The molecule has 0 aliphatic carbocycles. The lowest BCUT2D eigenvalue weighted by Gasteiger charge is -2.12. The molecule has 2 aromatic carbocycles. The Labute approximate surface area is 133 Å². The third-order valence-corrected chi connectivity index (χ3v) is 4.28. The van der Waals surface area contributed by atoms with Gasteiger partial charge in [0.05, 0.1) is 20.8 Å². The third-order valence-electron chi connectivity index (χ3n) is 2.49. The van der Waals surface area contributed by atoms with Gasteiger partial charge in [0.2, 0.25) is 0 Å². The number of nitrogens with one attached hydrogen (secondary N) is 1. The monoisotopic (exact) mass is 381 g/mol. The van der Waals surface area contributed by atoms with E-state index in [1.807, 2.05) is 12.1 Å². The summed E-state index contributed by atoms with van der Waals surface area (Å²) in [5.74, 6) is -0.400. The van der Waals surface area contributed by atoms with Crippen molar-refractivity contribution < 1.29 is 4.39 Å². The minimum Gasteiger partial charge on any atom is -0.379 e. The fourth-order valence-corrected chi connectivity index (χ4v) is 2.93. The van der Waals surface area contributed by atoms with Crippen molar-refractivity contribution in [3.05, 3.63) is 61.3 Å². The highest BCUT2D eigenvalue weighted by molar-refractivity contribution is 9.10. The van der Waals surface area contributed by atoms with Crippen LogP contribution < -0.4 is 5.32 Å². The average Bonchev–Trinajstić information content (AvgIpc) is 2.33. The van der Waals surface area contributed by atoms with Gasteiger partial charge in [0.15, 0.2) is 0 Å². The topological polar surface area (TPSA) is 12.0 Å². The summed E-state index contributed by atoms with van der Waals surface area (Å²) in [4.78, 5) is 0. The Bertz CT molecular complexity index is 596. The molecular formula is C13H8BrCl3FN. The van der Waals surface area contributed by atoms with E-state index in [2.05, 4.69) is 21.2 Å². The highest BCUT2D eigenvalue weighted by Crippen LogP contribution is 2.33. The second-order valence-corrected chi connectivity index (χ2v) is 5.86. The number of halogens is 5. The van der Waals surface area contributed by atoms with Crippen molar-refractivity contribution >= 4 is 56.4 Å². The molecule has 0 atom stereocenters. The Kier molecular flexibility index (Phi) is 4.96. The fraction of sp³-hybridized carbons (Fsp3) is 0.0769. The Morgan fingerprint density at radius 3 is 2.53 bits per heavy atom. The molecule has 0 saturated carbocycles. The van der Waals surface area contributed by atoms with E-state index >= 15 is 0 Å². The van der Waals surface area contributed by atoms with Gasteiger partial charge in [-0.3, -0.25) is 0 Å². The first-order valence-electron chi connectivity index (χ1n) is 5.30. The van der Waals surface area contributed by atoms with Gasteiger partial charge >= 0.3 is 0 Å². The molecule has 1 nitrogen and oxygen atoms in total. The van der Waals surface area contributed by atoms with Crippen molar-refractivity contribution in [1.82, 2.24) is 0 Å². The van der Waals surface area contributed by atoms with E-state index in [4.69, 9.17) is 34.8 Å². The third kappa shape index (κ3) is 3.54. The first kappa shape index (κ1) is 14.9. The predicted molar refractivity (Wildman–Crippen MR) is 82.9 cm³/mol. The van der Waals surface area contributed by atoms with Crippen molar-refractivity contribution in [1.29, 1.82) is 0 Å². The van der Waals surface area contributed by atoms with Crippen LogP contribution >= 0.6 is 50.7 Å². The number of hydrogen-bond acceptors (Lipinski definition) is 1. The molecule has 0 heterocycles. The van der Waals surface area contributed by atoms with Gasteiger partial charge in [-0.05, 0) is 39.7 Å². The van der Waals surface area contributed by atoms with Crippen LogP contribution in [0.3, 0.4) is 0 Å². The molecule has 100 valence electrons. The van der Waals surface area contributed by atoms with E-state index < -0.39 is 5.82 Å². The lowest BCUT2D eigenvalue weighted by Crippen LogP contribution is -2.02. The summed E-state index contributed by atoms with van der Waals surface area (Å²) in [6.07, 6.45) is 0. The molecule has 0 aliphatic rings. The highest BCUT2D eigenvalue weighted by atomic mass is 79.9. The number of benzene rings is 2. The minimum atomic E-state index is -0.400.